The van der Waals surface area contributed by atoms with Gasteiger partial charge in [0.2, 0.25) is 0 Å². The van der Waals surface area contributed by atoms with Crippen LogP contribution >= 0.6 is 11.3 Å². The van der Waals surface area contributed by atoms with Gasteiger partial charge in [-0.2, -0.15) is 0 Å². The monoisotopic (exact) mass is 507 g/mol. The van der Waals surface area contributed by atoms with Crippen LogP contribution in [0.3, 0.4) is 0 Å². The summed E-state index contributed by atoms with van der Waals surface area (Å²) >= 11 is 1.15. The fourth-order valence-electron chi connectivity index (χ4n) is 3.83. The lowest BCUT2D eigenvalue weighted by atomic mass is 9.96. The Hall–Kier alpha value is -4.38. The Kier molecular flexibility index (Phi) is 6.93. The first kappa shape index (κ1) is 24.7. The highest BCUT2D eigenvalue weighted by Gasteiger charge is 2.33. The van der Waals surface area contributed by atoms with E-state index < -0.39 is 22.9 Å². The molecule has 1 aliphatic rings. The molecule has 11 heteroatoms. The number of benzene rings is 2. The molecular formula is C25H21N3O7S. The Morgan fingerprint density at radius 2 is 1.83 bits per heavy atom. The van der Waals surface area contributed by atoms with Crippen molar-refractivity contribution in [3.8, 4) is 5.75 Å². The number of thiazole rings is 1. The maximum atomic E-state index is 13.6. The molecule has 0 amide bonds. The predicted octanol–water partition coefficient (Wildman–Crippen LogP) is 2.63. The Bertz CT molecular complexity index is 1570. The first-order chi connectivity index (χ1) is 17.2. The van der Waals surface area contributed by atoms with Gasteiger partial charge in [-0.1, -0.05) is 23.5 Å². The average Bonchev–Trinajstić information content (AvgIpc) is 3.13. The number of hydrogen-bond donors (Lipinski definition) is 0. The van der Waals surface area contributed by atoms with Crippen LogP contribution in [-0.4, -0.2) is 28.0 Å². The lowest BCUT2D eigenvalue weighted by molar-refractivity contribution is -0.384. The second kappa shape index (κ2) is 10.1. The van der Waals surface area contributed by atoms with Gasteiger partial charge in [0.15, 0.2) is 4.80 Å². The highest BCUT2D eigenvalue weighted by molar-refractivity contribution is 7.07. The van der Waals surface area contributed by atoms with E-state index in [0.29, 0.717) is 31.9 Å². The summed E-state index contributed by atoms with van der Waals surface area (Å²) in [4.78, 5) is 53.1. The Morgan fingerprint density at radius 3 is 2.42 bits per heavy atom. The van der Waals surface area contributed by atoms with E-state index in [0.717, 1.165) is 11.3 Å². The van der Waals surface area contributed by atoms with Crippen LogP contribution in [-0.2, 0) is 14.3 Å². The maximum Gasteiger partial charge on any atom is 0.338 e. The van der Waals surface area contributed by atoms with Gasteiger partial charge >= 0.3 is 11.9 Å². The third-order valence-electron chi connectivity index (χ3n) is 5.38. The summed E-state index contributed by atoms with van der Waals surface area (Å²) < 4.78 is 12.2. The van der Waals surface area contributed by atoms with Crippen LogP contribution in [0.4, 0.5) is 5.69 Å². The van der Waals surface area contributed by atoms with E-state index in [2.05, 4.69) is 4.99 Å². The number of hydrogen-bond acceptors (Lipinski definition) is 9. The molecule has 36 heavy (non-hydrogen) atoms. The molecule has 0 spiro atoms. The minimum atomic E-state index is -0.814. The van der Waals surface area contributed by atoms with Crippen LogP contribution in [0.1, 0.15) is 37.9 Å². The molecular weight excluding hydrogens is 486 g/mol. The fourth-order valence-corrected chi connectivity index (χ4v) is 4.88. The number of allylic oxidation sites excluding steroid dienone is 1. The molecule has 0 saturated heterocycles. The van der Waals surface area contributed by atoms with E-state index in [1.165, 1.54) is 23.6 Å². The summed E-state index contributed by atoms with van der Waals surface area (Å²) in [5.41, 5.74) is 1.43. The Morgan fingerprint density at radius 1 is 1.17 bits per heavy atom. The van der Waals surface area contributed by atoms with Crippen molar-refractivity contribution in [1.82, 2.24) is 4.57 Å². The summed E-state index contributed by atoms with van der Waals surface area (Å²) in [5.74, 6) is -0.724. The summed E-state index contributed by atoms with van der Waals surface area (Å²) in [6, 6.07) is 11.5. The van der Waals surface area contributed by atoms with E-state index in [9.17, 15) is 24.5 Å². The van der Waals surface area contributed by atoms with Crippen molar-refractivity contribution in [1.29, 1.82) is 0 Å². The van der Waals surface area contributed by atoms with Crippen molar-refractivity contribution in [2.75, 3.05) is 6.61 Å². The van der Waals surface area contributed by atoms with Gasteiger partial charge in [0.1, 0.15) is 5.75 Å². The van der Waals surface area contributed by atoms with Gasteiger partial charge in [-0.15, -0.1) is 0 Å². The van der Waals surface area contributed by atoms with Crippen LogP contribution in [0.25, 0.3) is 6.08 Å². The normalized spacial score (nSPS) is 15.2. The van der Waals surface area contributed by atoms with Crippen LogP contribution in [0.5, 0.6) is 5.75 Å². The van der Waals surface area contributed by atoms with Gasteiger partial charge in [-0.25, -0.2) is 9.79 Å². The fraction of sp³-hybridized carbons (Fsp3) is 0.200. The zero-order chi connectivity index (χ0) is 26.0. The van der Waals surface area contributed by atoms with Crippen molar-refractivity contribution in [3.05, 3.63) is 101 Å². The molecule has 0 N–H and O–H groups in total. The van der Waals surface area contributed by atoms with E-state index >= 15 is 0 Å². The lowest BCUT2D eigenvalue weighted by Crippen LogP contribution is -2.39. The van der Waals surface area contributed by atoms with Crippen molar-refractivity contribution < 1.29 is 24.0 Å². The molecule has 0 saturated carbocycles. The molecule has 10 nitrogen and oxygen atoms in total. The lowest BCUT2D eigenvalue weighted by Gasteiger charge is -2.24. The number of fused-ring (bicyclic) bond motifs is 1. The molecule has 0 fully saturated rings. The summed E-state index contributed by atoms with van der Waals surface area (Å²) in [6.45, 7) is 4.82. The summed E-state index contributed by atoms with van der Waals surface area (Å²) in [6.07, 6.45) is 1.62. The molecule has 2 heterocycles. The largest absolute Gasteiger partial charge is 0.463 e. The maximum absolute atomic E-state index is 13.6. The zero-order valence-corrected chi connectivity index (χ0v) is 20.4. The van der Waals surface area contributed by atoms with Crippen molar-refractivity contribution in [2.24, 2.45) is 4.99 Å². The molecule has 1 aromatic heterocycles. The second-order valence-corrected chi connectivity index (χ2v) is 8.82. The van der Waals surface area contributed by atoms with Crippen molar-refractivity contribution in [3.63, 3.8) is 0 Å². The SMILES string of the molecule is CCOC(=O)C1=C(C)N=c2s/c(=C/c3ccc([N+](=O)[O-])cc3)c(=O)n2C1c1ccc(OC(C)=O)cc1. The molecule has 3 aromatic rings. The molecule has 4 rings (SSSR count). The molecule has 0 aliphatic carbocycles. The molecule has 1 unspecified atom stereocenters. The summed E-state index contributed by atoms with van der Waals surface area (Å²) in [7, 11) is 0. The average molecular weight is 508 g/mol. The van der Waals surface area contributed by atoms with Crippen LogP contribution < -0.4 is 19.6 Å². The number of nitro benzene ring substituents is 1. The molecule has 1 atom stereocenters. The first-order valence-electron chi connectivity index (χ1n) is 10.9. The number of rotatable bonds is 6. The molecule has 2 aromatic carbocycles. The number of ether oxygens (including phenoxy) is 2. The molecule has 0 radical (unpaired) electrons. The molecule has 184 valence electrons. The minimum absolute atomic E-state index is 0.0551. The Balaban J connectivity index is 1.87. The zero-order valence-electron chi connectivity index (χ0n) is 19.6. The van der Waals surface area contributed by atoms with Crippen LogP contribution in [0.15, 0.2) is 69.6 Å². The highest BCUT2D eigenvalue weighted by Crippen LogP contribution is 2.31. The topological polar surface area (TPSA) is 130 Å². The number of aromatic nitrogens is 1. The highest BCUT2D eigenvalue weighted by atomic mass is 32.1. The number of non-ortho nitro benzene ring substituents is 1. The van der Waals surface area contributed by atoms with Crippen molar-refractivity contribution in [2.45, 2.75) is 26.8 Å². The quantitative estimate of drug-likeness (QED) is 0.217. The van der Waals surface area contributed by atoms with Crippen LogP contribution in [0, 0.1) is 10.1 Å². The first-order valence-corrected chi connectivity index (χ1v) is 11.7. The molecule has 0 bridgehead atoms. The van der Waals surface area contributed by atoms with E-state index in [-0.39, 0.29) is 23.4 Å². The standard InChI is InChI=1S/C25H21N3O7S/c1-4-34-24(31)21-14(2)26-25-27(22(21)17-7-11-19(12-8-17)35-15(3)29)23(30)20(36-25)13-16-5-9-18(10-6-16)28(32)33/h5-13,22H,4H2,1-3H3/b20-13+. The molecule has 1 aliphatic heterocycles. The van der Waals surface area contributed by atoms with Gasteiger partial charge in [-0.3, -0.25) is 24.3 Å². The minimum Gasteiger partial charge on any atom is -0.463 e. The second-order valence-electron chi connectivity index (χ2n) is 7.81. The van der Waals surface area contributed by atoms with Gasteiger partial charge in [-0.05, 0) is 55.3 Å². The van der Waals surface area contributed by atoms with Crippen molar-refractivity contribution >= 4 is 35.0 Å². The summed E-state index contributed by atoms with van der Waals surface area (Å²) in [5, 5.41) is 10.9. The van der Waals surface area contributed by atoms with Crippen LogP contribution in [0.2, 0.25) is 0 Å². The third kappa shape index (κ3) is 4.86. The predicted molar refractivity (Wildman–Crippen MR) is 131 cm³/mol. The van der Waals surface area contributed by atoms with E-state index in [1.807, 2.05) is 0 Å². The number of esters is 2. The number of carbonyl (C=O) groups is 2. The number of nitro groups is 1. The third-order valence-corrected chi connectivity index (χ3v) is 6.36. The van der Waals surface area contributed by atoms with Gasteiger partial charge in [0.05, 0.1) is 33.4 Å². The Labute approximate surface area is 208 Å². The smallest absolute Gasteiger partial charge is 0.338 e. The van der Waals surface area contributed by atoms with E-state index in [4.69, 9.17) is 9.47 Å². The van der Waals surface area contributed by atoms with Gasteiger partial charge in [0, 0.05) is 19.1 Å². The number of nitrogens with zero attached hydrogens (tertiary/aromatic N) is 3. The number of carbonyl (C=O) groups excluding carboxylic acids is 2. The van der Waals surface area contributed by atoms with Gasteiger partial charge in [0.25, 0.3) is 11.2 Å². The van der Waals surface area contributed by atoms with Gasteiger partial charge < -0.3 is 9.47 Å². The van der Waals surface area contributed by atoms with E-state index in [1.54, 1.807) is 56.3 Å².